The molecule has 0 aliphatic carbocycles. The normalized spacial score (nSPS) is 15.8. The Bertz CT molecular complexity index is 1640. The predicted molar refractivity (Wildman–Crippen MR) is 259 cm³/mol. The summed E-state index contributed by atoms with van der Waals surface area (Å²) in [6, 6.07) is 20.2. The number of carbonyl (C=O) groups excluding carboxylic acids is 2. The molecule has 0 aliphatic heterocycles. The second-order valence-electron chi connectivity index (χ2n) is 24.6. The van der Waals surface area contributed by atoms with Crippen LogP contribution in [0, 0.1) is 55.2 Å². The van der Waals surface area contributed by atoms with Crippen LogP contribution in [0.15, 0.2) is 54.6 Å². The molecule has 0 N–H and O–H groups in total. The first-order chi connectivity index (χ1) is 27.7. The van der Waals surface area contributed by atoms with Gasteiger partial charge < -0.3 is 14.2 Å². The molecule has 2 rings (SSSR count). The Balaban J connectivity index is 2.76. The number of esters is 2. The number of methoxy groups -OCH3 is 1. The molecule has 0 fully saturated rings. The van der Waals surface area contributed by atoms with Crippen molar-refractivity contribution in [2.24, 2.45) is 55.2 Å². The van der Waals surface area contributed by atoms with E-state index >= 15 is 0 Å². The Hall–Kier alpha value is -2.66. The first kappa shape index (κ1) is 54.5. The average molecular weight is 847 g/mol. The van der Waals surface area contributed by atoms with E-state index in [9.17, 15) is 9.59 Å². The van der Waals surface area contributed by atoms with Crippen LogP contribution in [0.4, 0.5) is 0 Å². The van der Waals surface area contributed by atoms with Gasteiger partial charge in [-0.1, -0.05) is 193 Å². The molecule has 5 nitrogen and oxygen atoms in total. The zero-order chi connectivity index (χ0) is 47.0. The number of carbonyl (C=O) groups is 2. The molecular formula is C56H94O5. The van der Waals surface area contributed by atoms with Crippen molar-refractivity contribution in [2.75, 3.05) is 26.9 Å². The molecular weight excluding hydrogens is 753 g/mol. The Labute approximate surface area is 376 Å². The number of aryl methyl sites for hydroxylation is 1. The van der Waals surface area contributed by atoms with E-state index in [1.54, 1.807) is 7.11 Å². The molecule has 348 valence electrons. The fraction of sp³-hybridized carbons (Fsp3) is 0.750. The Morgan fingerprint density at radius 3 is 1.34 bits per heavy atom. The van der Waals surface area contributed by atoms with Gasteiger partial charge in [0.2, 0.25) is 0 Å². The van der Waals surface area contributed by atoms with E-state index in [1.807, 2.05) is 0 Å². The summed E-state index contributed by atoms with van der Waals surface area (Å²) in [5.74, 6) is -0.488. The standard InChI is InChI=1S/C56H94O5/c1-22-33-60-47(57)45(36-49(3,4)5)55(17,18)52(11,12)38-44(41-27-25-24-26-28-41)54(15,16)53(13,14)39-46(48(58)61-35-34-59-21)56(19,20)51(9,10)37-43(50(6,7)8)42-31-29-40(23-2)30-32-42/h24-32,43-46H,22-23,33-39H2,1-21H3. The van der Waals surface area contributed by atoms with Crippen LogP contribution in [0.5, 0.6) is 0 Å². The third-order valence-electron chi connectivity index (χ3n) is 16.4. The molecule has 0 aliphatic rings. The maximum absolute atomic E-state index is 14.7. The minimum Gasteiger partial charge on any atom is -0.465 e. The van der Waals surface area contributed by atoms with E-state index in [0.717, 1.165) is 32.1 Å². The van der Waals surface area contributed by atoms with Gasteiger partial charge >= 0.3 is 11.9 Å². The molecule has 5 heteroatoms. The van der Waals surface area contributed by atoms with Gasteiger partial charge in [-0.3, -0.25) is 9.59 Å². The monoisotopic (exact) mass is 847 g/mol. The van der Waals surface area contributed by atoms with Crippen molar-refractivity contribution in [1.29, 1.82) is 0 Å². The van der Waals surface area contributed by atoms with Crippen molar-refractivity contribution in [3.8, 4) is 0 Å². The summed E-state index contributed by atoms with van der Waals surface area (Å²) < 4.78 is 17.4. The van der Waals surface area contributed by atoms with Crippen molar-refractivity contribution in [2.45, 2.75) is 189 Å². The second kappa shape index (κ2) is 20.9. The molecule has 0 bridgehead atoms. The second-order valence-corrected chi connectivity index (χ2v) is 24.6. The van der Waals surface area contributed by atoms with Gasteiger partial charge in [-0.25, -0.2) is 0 Å². The van der Waals surface area contributed by atoms with Crippen molar-refractivity contribution in [3.63, 3.8) is 0 Å². The number of hydrogen-bond acceptors (Lipinski definition) is 5. The Kier molecular flexibility index (Phi) is 18.7. The molecule has 0 aromatic heterocycles. The predicted octanol–water partition coefficient (Wildman–Crippen LogP) is 15.3. The highest BCUT2D eigenvalue weighted by Gasteiger charge is 2.56. The minimum absolute atomic E-state index is 0.0128. The van der Waals surface area contributed by atoms with E-state index < -0.39 is 10.8 Å². The smallest absolute Gasteiger partial charge is 0.309 e. The third kappa shape index (κ3) is 13.7. The van der Waals surface area contributed by atoms with Gasteiger partial charge in [-0.05, 0) is 110 Å². The van der Waals surface area contributed by atoms with Gasteiger partial charge in [0.25, 0.3) is 0 Å². The average Bonchev–Trinajstić information content (AvgIpc) is 3.15. The van der Waals surface area contributed by atoms with Crippen molar-refractivity contribution < 1.29 is 23.8 Å². The molecule has 0 radical (unpaired) electrons. The van der Waals surface area contributed by atoms with Gasteiger partial charge in [0, 0.05) is 7.11 Å². The number of hydrogen-bond donors (Lipinski definition) is 0. The van der Waals surface area contributed by atoms with Crippen LogP contribution in [0.25, 0.3) is 0 Å². The van der Waals surface area contributed by atoms with Crippen LogP contribution in [-0.2, 0) is 30.2 Å². The van der Waals surface area contributed by atoms with Gasteiger partial charge in [0.1, 0.15) is 6.61 Å². The minimum atomic E-state index is -0.445. The van der Waals surface area contributed by atoms with Gasteiger partial charge in [-0.2, -0.15) is 0 Å². The lowest BCUT2D eigenvalue weighted by Crippen LogP contribution is -2.50. The fourth-order valence-electron chi connectivity index (χ4n) is 9.63. The summed E-state index contributed by atoms with van der Waals surface area (Å²) in [5, 5.41) is 0. The van der Waals surface area contributed by atoms with E-state index in [2.05, 4.69) is 193 Å². The lowest BCUT2D eigenvalue weighted by atomic mass is 9.48. The molecule has 0 saturated carbocycles. The van der Waals surface area contributed by atoms with Gasteiger partial charge in [0.05, 0.1) is 25.0 Å². The Morgan fingerprint density at radius 1 is 0.492 bits per heavy atom. The summed E-state index contributed by atoms with van der Waals surface area (Å²) >= 11 is 0. The summed E-state index contributed by atoms with van der Waals surface area (Å²) in [6.07, 6.45) is 4.99. The number of rotatable bonds is 23. The maximum Gasteiger partial charge on any atom is 0.309 e. The highest BCUT2D eigenvalue weighted by Crippen LogP contribution is 2.62. The maximum atomic E-state index is 14.7. The first-order valence-corrected chi connectivity index (χ1v) is 23.7. The summed E-state index contributed by atoms with van der Waals surface area (Å²) in [4.78, 5) is 28.7. The molecule has 61 heavy (non-hydrogen) atoms. The highest BCUT2D eigenvalue weighted by molar-refractivity contribution is 5.74. The Morgan fingerprint density at radius 2 is 0.918 bits per heavy atom. The first-order valence-electron chi connectivity index (χ1n) is 23.7. The van der Waals surface area contributed by atoms with Crippen molar-refractivity contribution in [1.82, 2.24) is 0 Å². The zero-order valence-corrected chi connectivity index (χ0v) is 43.4. The van der Waals surface area contributed by atoms with Crippen LogP contribution < -0.4 is 0 Å². The largest absolute Gasteiger partial charge is 0.465 e. The van der Waals surface area contributed by atoms with Crippen LogP contribution >= 0.6 is 0 Å². The lowest BCUT2D eigenvalue weighted by Gasteiger charge is -2.56. The molecule has 0 spiro atoms. The molecule has 0 saturated heterocycles. The van der Waals surface area contributed by atoms with Crippen molar-refractivity contribution >= 4 is 11.9 Å². The van der Waals surface area contributed by atoms with E-state index in [4.69, 9.17) is 14.2 Å². The summed E-state index contributed by atoms with van der Waals surface area (Å²) in [7, 11) is 1.65. The van der Waals surface area contributed by atoms with Gasteiger partial charge in [-0.15, -0.1) is 0 Å². The highest BCUT2D eigenvalue weighted by atomic mass is 16.6. The molecule has 0 heterocycles. The molecule has 4 atom stereocenters. The zero-order valence-electron chi connectivity index (χ0n) is 43.4. The molecule has 0 amide bonds. The number of benzene rings is 2. The molecule has 2 aromatic carbocycles. The summed E-state index contributed by atoms with van der Waals surface area (Å²) in [6.45, 7) is 47.2. The van der Waals surface area contributed by atoms with Crippen LogP contribution in [0.1, 0.15) is 199 Å². The molecule has 2 aromatic rings. The SMILES string of the molecule is CCCOC(=O)C(CC(C)(C)C)C(C)(C)C(C)(C)CC(c1ccccc1)C(C)(C)C(C)(C)CC(C(=O)OCCOC)C(C)(C)C(C)(C)CC(c1ccc(CC)cc1)C(C)(C)C. The van der Waals surface area contributed by atoms with Gasteiger partial charge in [0.15, 0.2) is 0 Å². The van der Waals surface area contributed by atoms with Crippen LogP contribution in [0.3, 0.4) is 0 Å². The molecule has 4 unspecified atom stereocenters. The van der Waals surface area contributed by atoms with Crippen molar-refractivity contribution in [3.05, 3.63) is 71.3 Å². The van der Waals surface area contributed by atoms with E-state index in [-0.39, 0.29) is 74.7 Å². The third-order valence-corrected chi connectivity index (χ3v) is 16.4. The van der Waals surface area contributed by atoms with Crippen LogP contribution in [-0.4, -0.2) is 38.9 Å². The topological polar surface area (TPSA) is 61.8 Å². The quantitative estimate of drug-likeness (QED) is 0.0823. The lowest BCUT2D eigenvalue weighted by molar-refractivity contribution is -0.162. The fourth-order valence-corrected chi connectivity index (χ4v) is 9.63. The van der Waals surface area contributed by atoms with E-state index in [0.29, 0.717) is 19.6 Å². The van der Waals surface area contributed by atoms with Crippen LogP contribution in [0.2, 0.25) is 0 Å². The summed E-state index contributed by atoms with van der Waals surface area (Å²) in [5.41, 5.74) is 1.94. The number of ether oxygens (including phenoxy) is 3. The van der Waals surface area contributed by atoms with E-state index in [1.165, 1.54) is 16.7 Å².